The van der Waals surface area contributed by atoms with E-state index < -0.39 is 0 Å². The minimum Gasteiger partial charge on any atom is -0.339 e. The van der Waals surface area contributed by atoms with Crippen LogP contribution in [-0.2, 0) is 0 Å². The van der Waals surface area contributed by atoms with Crippen LogP contribution >= 0.6 is 0 Å². The second-order valence-corrected chi connectivity index (χ2v) is 5.14. The number of allylic oxidation sites excluding steroid dienone is 2. The second kappa shape index (κ2) is 6.69. The number of carbonyl (C=O) groups excluding carboxylic acids is 1. The lowest BCUT2D eigenvalue weighted by molar-refractivity contribution is 0.0771. The summed E-state index contributed by atoms with van der Waals surface area (Å²) in [7, 11) is 0. The Morgan fingerprint density at radius 1 is 1.35 bits per heavy atom. The summed E-state index contributed by atoms with van der Waals surface area (Å²) in [5.41, 5.74) is 1.09. The maximum atomic E-state index is 14.3. The first-order valence-electron chi connectivity index (χ1n) is 7.43. The predicted molar refractivity (Wildman–Crippen MR) is 79.4 cm³/mol. The van der Waals surface area contributed by atoms with Gasteiger partial charge in [0.25, 0.3) is 5.91 Å². The highest BCUT2D eigenvalue weighted by molar-refractivity contribution is 5.96. The minimum absolute atomic E-state index is 0.0273. The normalized spacial score (nSPS) is 18.1. The average molecular weight is 275 g/mol. The third-order valence-electron chi connectivity index (χ3n) is 3.96. The number of hydrogen-bond acceptors (Lipinski definition) is 1. The number of amides is 1. The van der Waals surface area contributed by atoms with E-state index in [2.05, 4.69) is 6.08 Å². The molecule has 0 N–H and O–H groups in total. The number of nitrogens with zero attached hydrogens (tertiary/aromatic N) is 1. The van der Waals surface area contributed by atoms with E-state index in [9.17, 15) is 9.18 Å². The van der Waals surface area contributed by atoms with Crippen molar-refractivity contribution >= 4 is 5.91 Å². The SMILES string of the molecule is CCN(CC)C(=O)c1cccc(F)c1[C@H]1C=CCCC1. The van der Waals surface area contributed by atoms with Gasteiger partial charge < -0.3 is 4.90 Å². The fourth-order valence-corrected chi connectivity index (χ4v) is 2.83. The Labute approximate surface area is 120 Å². The summed E-state index contributed by atoms with van der Waals surface area (Å²) in [5, 5.41) is 0. The summed E-state index contributed by atoms with van der Waals surface area (Å²) in [6.07, 6.45) is 7.14. The zero-order valence-corrected chi connectivity index (χ0v) is 12.2. The highest BCUT2D eigenvalue weighted by Gasteiger charge is 2.24. The van der Waals surface area contributed by atoms with E-state index in [0.29, 0.717) is 24.2 Å². The molecular weight excluding hydrogens is 253 g/mol. The molecule has 0 radical (unpaired) electrons. The standard InChI is InChI=1S/C17H22FNO/c1-3-19(4-2)17(20)14-11-8-12-15(18)16(14)13-9-6-5-7-10-13/h6,8-9,11-13H,3-5,7,10H2,1-2H3/t13-/m0/s1. The molecule has 108 valence electrons. The first-order chi connectivity index (χ1) is 9.69. The van der Waals surface area contributed by atoms with Crippen LogP contribution in [0, 0.1) is 5.82 Å². The number of benzene rings is 1. The van der Waals surface area contributed by atoms with Crippen molar-refractivity contribution in [1.29, 1.82) is 0 Å². The van der Waals surface area contributed by atoms with E-state index in [1.54, 1.807) is 17.0 Å². The lowest BCUT2D eigenvalue weighted by Gasteiger charge is -2.24. The Bertz CT molecular complexity index is 506. The maximum absolute atomic E-state index is 14.3. The molecule has 0 unspecified atom stereocenters. The summed E-state index contributed by atoms with van der Waals surface area (Å²) in [6.45, 7) is 5.18. The van der Waals surface area contributed by atoms with Crippen molar-refractivity contribution < 1.29 is 9.18 Å². The fraction of sp³-hybridized carbons (Fsp3) is 0.471. The van der Waals surface area contributed by atoms with Gasteiger partial charge in [-0.3, -0.25) is 4.79 Å². The molecule has 1 aliphatic carbocycles. The Hall–Kier alpha value is -1.64. The zero-order valence-electron chi connectivity index (χ0n) is 12.2. The van der Waals surface area contributed by atoms with Crippen molar-refractivity contribution in [3.05, 3.63) is 47.3 Å². The van der Waals surface area contributed by atoms with Crippen LogP contribution in [0.15, 0.2) is 30.4 Å². The average Bonchev–Trinajstić information content (AvgIpc) is 2.49. The first-order valence-corrected chi connectivity index (χ1v) is 7.43. The molecule has 1 atom stereocenters. The van der Waals surface area contributed by atoms with E-state index in [4.69, 9.17) is 0 Å². The van der Waals surface area contributed by atoms with E-state index in [0.717, 1.165) is 19.3 Å². The Kier molecular flexibility index (Phi) is 4.94. The van der Waals surface area contributed by atoms with Crippen molar-refractivity contribution in [2.75, 3.05) is 13.1 Å². The molecule has 0 fully saturated rings. The Balaban J connectivity index is 2.42. The van der Waals surface area contributed by atoms with E-state index >= 15 is 0 Å². The summed E-state index contributed by atoms with van der Waals surface area (Å²) >= 11 is 0. The molecule has 1 aromatic rings. The molecule has 1 aromatic carbocycles. The highest BCUT2D eigenvalue weighted by atomic mass is 19.1. The largest absolute Gasteiger partial charge is 0.339 e. The van der Waals surface area contributed by atoms with Gasteiger partial charge in [0.05, 0.1) is 0 Å². The lowest BCUT2D eigenvalue weighted by Crippen LogP contribution is -2.31. The molecule has 3 heteroatoms. The van der Waals surface area contributed by atoms with Crippen LogP contribution in [0.5, 0.6) is 0 Å². The molecule has 0 aromatic heterocycles. The van der Waals surface area contributed by atoms with Crippen molar-refractivity contribution in [1.82, 2.24) is 4.90 Å². The van der Waals surface area contributed by atoms with Gasteiger partial charge in [0.1, 0.15) is 5.82 Å². The highest BCUT2D eigenvalue weighted by Crippen LogP contribution is 2.32. The molecule has 1 amide bonds. The predicted octanol–water partition coefficient (Wildman–Crippen LogP) is 4.13. The second-order valence-electron chi connectivity index (χ2n) is 5.14. The summed E-state index contributed by atoms with van der Waals surface area (Å²) in [6, 6.07) is 4.83. The van der Waals surface area contributed by atoms with Crippen molar-refractivity contribution in [2.45, 2.75) is 39.0 Å². The van der Waals surface area contributed by atoms with Gasteiger partial charge in [-0.05, 0) is 45.2 Å². The molecular formula is C17H22FNO. The first kappa shape index (κ1) is 14.8. The molecule has 0 heterocycles. The van der Waals surface area contributed by atoms with E-state index in [-0.39, 0.29) is 17.6 Å². The van der Waals surface area contributed by atoms with Gasteiger partial charge >= 0.3 is 0 Å². The smallest absolute Gasteiger partial charge is 0.254 e. The third-order valence-corrected chi connectivity index (χ3v) is 3.96. The molecule has 0 spiro atoms. The van der Waals surface area contributed by atoms with Gasteiger partial charge in [0.2, 0.25) is 0 Å². The van der Waals surface area contributed by atoms with Crippen LogP contribution < -0.4 is 0 Å². The molecule has 0 bridgehead atoms. The number of hydrogen-bond donors (Lipinski definition) is 0. The number of halogens is 1. The quantitative estimate of drug-likeness (QED) is 0.757. The fourth-order valence-electron chi connectivity index (χ4n) is 2.83. The monoisotopic (exact) mass is 275 g/mol. The molecule has 20 heavy (non-hydrogen) atoms. The number of rotatable bonds is 4. The van der Waals surface area contributed by atoms with Crippen molar-refractivity contribution in [3.8, 4) is 0 Å². The molecule has 0 saturated heterocycles. The van der Waals surface area contributed by atoms with Crippen LogP contribution in [-0.4, -0.2) is 23.9 Å². The van der Waals surface area contributed by atoms with Crippen molar-refractivity contribution in [2.24, 2.45) is 0 Å². The third kappa shape index (κ3) is 2.92. The molecule has 1 aliphatic rings. The van der Waals surface area contributed by atoms with E-state index in [1.807, 2.05) is 19.9 Å². The molecule has 0 aliphatic heterocycles. The Morgan fingerprint density at radius 3 is 2.70 bits per heavy atom. The molecule has 2 nitrogen and oxygen atoms in total. The van der Waals surface area contributed by atoms with E-state index in [1.165, 1.54) is 6.07 Å². The van der Waals surface area contributed by atoms with Gasteiger partial charge in [-0.25, -0.2) is 4.39 Å². The van der Waals surface area contributed by atoms with Crippen molar-refractivity contribution in [3.63, 3.8) is 0 Å². The lowest BCUT2D eigenvalue weighted by atomic mass is 9.86. The minimum atomic E-state index is -0.264. The van der Waals surface area contributed by atoms with Gasteiger partial charge in [0, 0.05) is 30.1 Å². The number of carbonyl (C=O) groups is 1. The summed E-state index contributed by atoms with van der Waals surface area (Å²) in [5.74, 6) is -0.303. The van der Waals surface area contributed by atoms with Gasteiger partial charge in [0.15, 0.2) is 0 Å². The van der Waals surface area contributed by atoms with Crippen LogP contribution in [0.25, 0.3) is 0 Å². The Morgan fingerprint density at radius 2 is 2.10 bits per heavy atom. The summed E-state index contributed by atoms with van der Waals surface area (Å²) < 4.78 is 14.3. The van der Waals surface area contributed by atoms with Gasteiger partial charge in [-0.1, -0.05) is 18.2 Å². The molecule has 2 rings (SSSR count). The maximum Gasteiger partial charge on any atom is 0.254 e. The molecule has 0 saturated carbocycles. The van der Waals surface area contributed by atoms with Crippen LogP contribution in [0.1, 0.15) is 54.9 Å². The van der Waals surface area contributed by atoms with Gasteiger partial charge in [-0.2, -0.15) is 0 Å². The van der Waals surface area contributed by atoms with Crippen LogP contribution in [0.3, 0.4) is 0 Å². The zero-order chi connectivity index (χ0) is 14.5. The van der Waals surface area contributed by atoms with Gasteiger partial charge in [-0.15, -0.1) is 0 Å². The summed E-state index contributed by atoms with van der Waals surface area (Å²) in [4.78, 5) is 14.3. The van der Waals surface area contributed by atoms with Crippen LogP contribution in [0.2, 0.25) is 0 Å². The topological polar surface area (TPSA) is 20.3 Å². The van der Waals surface area contributed by atoms with Crippen LogP contribution in [0.4, 0.5) is 4.39 Å².